The van der Waals surface area contributed by atoms with Gasteiger partial charge in [-0.15, -0.1) is 11.3 Å². The first kappa shape index (κ1) is 53.8. The quantitative estimate of drug-likeness (QED) is 0.160. The van der Waals surface area contributed by atoms with Crippen molar-refractivity contribution in [3.05, 3.63) is 207 Å². The number of fused-ring (bicyclic) bond motifs is 10. The van der Waals surface area contributed by atoms with E-state index in [1.807, 2.05) is 11.3 Å². The molecule has 81 heavy (non-hydrogen) atoms. The van der Waals surface area contributed by atoms with E-state index in [1.54, 1.807) is 0 Å². The highest BCUT2D eigenvalue weighted by Gasteiger charge is 2.45. The van der Waals surface area contributed by atoms with Crippen LogP contribution in [0.2, 0.25) is 0 Å². The third kappa shape index (κ3) is 8.99. The van der Waals surface area contributed by atoms with Crippen LogP contribution in [0.1, 0.15) is 180 Å². The molecule has 0 saturated heterocycles. The van der Waals surface area contributed by atoms with Gasteiger partial charge in [-0.2, -0.15) is 0 Å². The van der Waals surface area contributed by atoms with Gasteiger partial charge >= 0.3 is 0 Å². The molecule has 1 aromatic heterocycles. The second-order valence-electron chi connectivity index (χ2n) is 29.4. The number of para-hydroxylation sites is 2. The van der Waals surface area contributed by atoms with Crippen molar-refractivity contribution < 1.29 is 4.74 Å². The van der Waals surface area contributed by atoms with Crippen molar-refractivity contribution >= 4 is 73.3 Å². The van der Waals surface area contributed by atoms with E-state index in [0.717, 1.165) is 61.5 Å². The van der Waals surface area contributed by atoms with Gasteiger partial charge in [-0.05, 0) is 189 Å². The van der Waals surface area contributed by atoms with Crippen molar-refractivity contribution in [1.82, 2.24) is 0 Å². The first-order valence-corrected chi connectivity index (χ1v) is 31.1. The lowest BCUT2D eigenvalue weighted by Gasteiger charge is -2.44. The highest BCUT2D eigenvalue weighted by Crippen LogP contribution is 2.57. The molecule has 7 aromatic rings. The molecule has 1 unspecified atom stereocenters. The Balaban J connectivity index is 1.18. The van der Waals surface area contributed by atoms with Crippen molar-refractivity contribution in [2.24, 2.45) is 5.41 Å². The van der Waals surface area contributed by atoms with Gasteiger partial charge in [0.25, 0.3) is 0 Å². The molecule has 4 nitrogen and oxygen atoms in total. The Hall–Kier alpha value is -6.50. The molecule has 0 spiro atoms. The fraction of sp³-hybridized carbons (Fsp3) is 0.387. The lowest BCUT2D eigenvalue weighted by Crippen LogP contribution is -2.42. The van der Waals surface area contributed by atoms with Gasteiger partial charge in [0.05, 0.1) is 29.0 Å². The van der Waals surface area contributed by atoms with E-state index in [1.165, 1.54) is 106 Å². The first-order valence-electron chi connectivity index (χ1n) is 30.3. The van der Waals surface area contributed by atoms with E-state index >= 15 is 0 Å². The lowest BCUT2D eigenvalue weighted by molar-refractivity contribution is 0.332. The van der Waals surface area contributed by atoms with Crippen LogP contribution in [0, 0.1) is 12.3 Å². The van der Waals surface area contributed by atoms with Crippen LogP contribution in [0.3, 0.4) is 0 Å². The second-order valence-corrected chi connectivity index (χ2v) is 30.6. The maximum Gasteiger partial charge on any atom is 0.210 e. The van der Waals surface area contributed by atoms with Crippen LogP contribution in [0.15, 0.2) is 168 Å². The number of nitrogens with zero attached hydrogens (tertiary/aromatic N) is 3. The van der Waals surface area contributed by atoms with Gasteiger partial charge in [-0.25, -0.2) is 0 Å². The average Bonchev–Trinajstić information content (AvgIpc) is 4.18. The molecule has 414 valence electrons. The minimum atomic E-state index is -0.0808. The molecular weight excluding hydrogens is 1000 g/mol. The number of hydrogen-bond acceptors (Lipinski definition) is 5. The topological polar surface area (TPSA) is 19.0 Å². The van der Waals surface area contributed by atoms with Gasteiger partial charge in [-0.3, -0.25) is 0 Å². The van der Waals surface area contributed by atoms with E-state index in [-0.39, 0.29) is 44.4 Å². The van der Waals surface area contributed by atoms with Crippen molar-refractivity contribution in [3.8, 4) is 5.75 Å². The molecule has 4 aliphatic carbocycles. The summed E-state index contributed by atoms with van der Waals surface area (Å²) in [6.45, 7) is 36.5. The van der Waals surface area contributed by atoms with Crippen LogP contribution in [0.4, 0.5) is 39.8 Å². The molecule has 6 aliphatic rings. The summed E-state index contributed by atoms with van der Waals surface area (Å²) < 4.78 is 9.87. The van der Waals surface area contributed by atoms with E-state index in [4.69, 9.17) is 4.74 Å². The van der Waals surface area contributed by atoms with Gasteiger partial charge < -0.3 is 19.4 Å². The number of anilines is 7. The molecule has 13 rings (SSSR count). The largest absolute Gasteiger partial charge is 0.461 e. The summed E-state index contributed by atoms with van der Waals surface area (Å²) in [5, 5.41) is 1.36. The third-order valence-electron chi connectivity index (χ3n) is 20.1. The number of rotatable bonds is 5. The molecule has 2 atom stereocenters. The molecular formula is C75H84BN3OS. The summed E-state index contributed by atoms with van der Waals surface area (Å²) in [6, 6.07) is 47.1. The summed E-state index contributed by atoms with van der Waals surface area (Å²) in [6.07, 6.45) is 16.3. The maximum absolute atomic E-state index is 7.07. The van der Waals surface area contributed by atoms with E-state index in [2.05, 4.69) is 264 Å². The maximum atomic E-state index is 7.07. The summed E-state index contributed by atoms with van der Waals surface area (Å²) in [7, 11) is 0.819. The number of allylic oxidation sites excluding steroid dienone is 6. The normalized spacial score (nSPS) is 21.1. The van der Waals surface area contributed by atoms with Crippen molar-refractivity contribution in [3.63, 3.8) is 0 Å². The summed E-state index contributed by atoms with van der Waals surface area (Å²) in [4.78, 5) is 8.09. The van der Waals surface area contributed by atoms with E-state index in [9.17, 15) is 0 Å². The average molecular weight is 1090 g/mol. The van der Waals surface area contributed by atoms with E-state index in [0.29, 0.717) is 0 Å². The molecule has 0 saturated carbocycles. The van der Waals surface area contributed by atoms with Gasteiger partial charge in [0.2, 0.25) is 7.28 Å². The Labute approximate surface area is 489 Å². The van der Waals surface area contributed by atoms with Crippen molar-refractivity contribution in [1.29, 1.82) is 0 Å². The van der Waals surface area contributed by atoms with Crippen molar-refractivity contribution in [2.75, 3.05) is 14.7 Å². The van der Waals surface area contributed by atoms with Gasteiger partial charge in [0.15, 0.2) is 0 Å². The Morgan fingerprint density at radius 2 is 1.22 bits per heavy atom. The fourth-order valence-corrected chi connectivity index (χ4v) is 16.0. The molecule has 2 aliphatic heterocycles. The zero-order valence-electron chi connectivity index (χ0n) is 51.1. The molecule has 6 aromatic carbocycles. The summed E-state index contributed by atoms with van der Waals surface area (Å²) in [5.41, 5.74) is 22.6. The highest BCUT2D eigenvalue weighted by atomic mass is 32.1. The smallest absolute Gasteiger partial charge is 0.210 e. The number of benzene rings is 6. The molecule has 0 radical (unpaired) electrons. The van der Waals surface area contributed by atoms with Crippen LogP contribution in [0.5, 0.6) is 5.75 Å². The van der Waals surface area contributed by atoms with Crippen LogP contribution >= 0.6 is 11.3 Å². The minimum absolute atomic E-state index is 0.00423. The Kier molecular flexibility index (Phi) is 12.5. The molecule has 0 amide bonds. The molecule has 6 heteroatoms. The molecule has 0 fully saturated rings. The lowest BCUT2D eigenvalue weighted by atomic mass is 9.61. The zero-order chi connectivity index (χ0) is 56.9. The minimum Gasteiger partial charge on any atom is -0.461 e. The van der Waals surface area contributed by atoms with Gasteiger partial charge in [-0.1, -0.05) is 181 Å². The van der Waals surface area contributed by atoms with Crippen LogP contribution in [0.25, 0.3) is 10.1 Å². The first-order chi connectivity index (χ1) is 38.3. The zero-order valence-corrected chi connectivity index (χ0v) is 51.9. The number of hydrogen-bond donors (Lipinski definition) is 0. The molecule has 0 N–H and O–H groups in total. The molecule has 3 heterocycles. The highest BCUT2D eigenvalue weighted by molar-refractivity contribution is 7.29. The predicted octanol–water partition coefficient (Wildman–Crippen LogP) is 20.0. The third-order valence-corrected chi connectivity index (χ3v) is 21.2. The SMILES string of the molecule is Cc1c2cc(N(c3ccccc3)c3ccccc3)cc1N([C@H]1C=CC=C3Oc4cc(C(C)(C)C)ccc4C31)C1=C(Bc3sc4cc5c(cc4c3N2c2ccc3c(c2)C(C)(C)CCC3(C)C)C(C)(C)CCC5(C)C)C=C(C(C)(C)C)CC1. The fourth-order valence-electron chi connectivity index (χ4n) is 14.8. The van der Waals surface area contributed by atoms with Gasteiger partial charge in [0.1, 0.15) is 11.5 Å². The predicted molar refractivity (Wildman–Crippen MR) is 349 cm³/mol. The van der Waals surface area contributed by atoms with Crippen LogP contribution in [-0.2, 0) is 27.1 Å². The summed E-state index contributed by atoms with van der Waals surface area (Å²) >= 11 is 2.05. The van der Waals surface area contributed by atoms with Crippen molar-refractivity contribution in [2.45, 2.75) is 181 Å². The van der Waals surface area contributed by atoms with E-state index < -0.39 is 0 Å². The monoisotopic (exact) mass is 1090 g/mol. The standard InChI is InChI=1S/C75H84BN3OS/c1-46-62-42-52(77(49-23-18-16-19-24-49)50-25-20-17-21-26-50)43-63(46)79(61-27-22-28-64-67(61)53-32-29-48(71(5,6)7)40-65(53)80-64)60-34-30-47(70(2,3)4)39-59(60)76-69-68(54-44-57-58(45-66(54)81-69)75(14,15)38-37-74(57,12)13)78(62)51-31-33-55-56(41-51)73(10,11)36-35-72(55,8)9/h16-29,31-33,39-45,61,67,76H,30,34-38H2,1-15H3/t61-,67?/m0/s1. The number of thiophene rings is 1. The summed E-state index contributed by atoms with van der Waals surface area (Å²) in [5.74, 6) is 1.99. The van der Waals surface area contributed by atoms with Crippen LogP contribution in [-0.4, -0.2) is 13.3 Å². The molecule has 2 bridgehead atoms. The second kappa shape index (κ2) is 18.8. The van der Waals surface area contributed by atoms with Crippen LogP contribution < -0.4 is 24.2 Å². The Morgan fingerprint density at radius 1 is 0.617 bits per heavy atom. The van der Waals surface area contributed by atoms with Gasteiger partial charge in [0, 0.05) is 44.1 Å². The Bertz CT molecular complexity index is 3790. The Morgan fingerprint density at radius 3 is 1.85 bits per heavy atom. The number of ether oxygens (including phenoxy) is 1.